The van der Waals surface area contributed by atoms with Crippen molar-refractivity contribution in [3.8, 4) is 0 Å². The van der Waals surface area contributed by atoms with Crippen LogP contribution in [-0.2, 0) is 11.3 Å². The topological polar surface area (TPSA) is 44.4 Å². The van der Waals surface area contributed by atoms with Crippen LogP contribution in [-0.4, -0.2) is 32.1 Å². The first kappa shape index (κ1) is 13.9. The number of anilines is 1. The molecule has 0 aromatic heterocycles. The molecule has 0 saturated carbocycles. The van der Waals surface area contributed by atoms with Gasteiger partial charge in [0.25, 0.3) is 0 Å². The molecule has 20 heavy (non-hydrogen) atoms. The van der Waals surface area contributed by atoms with E-state index < -0.39 is 0 Å². The molecule has 1 aromatic rings. The molecule has 0 radical (unpaired) electrons. The van der Waals surface area contributed by atoms with Crippen molar-refractivity contribution in [2.45, 2.75) is 25.4 Å². The maximum absolute atomic E-state index is 11.9. The molecular formula is C15H20BrN3O. The van der Waals surface area contributed by atoms with E-state index in [1.54, 1.807) is 0 Å². The normalized spacial score (nSPS) is 25.5. The number of piperidine rings is 1. The van der Waals surface area contributed by atoms with Crippen LogP contribution in [0, 0.1) is 5.92 Å². The van der Waals surface area contributed by atoms with E-state index in [0.717, 1.165) is 36.9 Å². The van der Waals surface area contributed by atoms with Gasteiger partial charge in [0, 0.05) is 29.8 Å². The fraction of sp³-hybridized carbons (Fsp3) is 0.533. The van der Waals surface area contributed by atoms with Crippen LogP contribution in [0.4, 0.5) is 5.69 Å². The number of nitrogens with one attached hydrogen (secondary N) is 2. The van der Waals surface area contributed by atoms with E-state index >= 15 is 0 Å². The standard InChI is InChI=1S/C15H20BrN3O/c1-17-8-10-7-11(16)4-5-13(10)19-6-2-3-12-14(19)9-18-15(12)20/h4-5,7,12,14,17H,2-3,6,8-9H2,1H3,(H,18,20). The molecule has 2 atom stereocenters. The average Bonchev–Trinajstić information content (AvgIpc) is 2.82. The molecule has 4 nitrogen and oxygen atoms in total. The third-order valence-corrected chi connectivity index (χ3v) is 4.81. The summed E-state index contributed by atoms with van der Waals surface area (Å²) in [5, 5.41) is 6.25. The SMILES string of the molecule is CNCc1cc(Br)ccc1N1CCCC2C(=O)NCC21. The molecule has 2 aliphatic heterocycles. The van der Waals surface area contributed by atoms with E-state index in [9.17, 15) is 4.79 Å². The molecule has 2 saturated heterocycles. The van der Waals surface area contributed by atoms with Crippen molar-refractivity contribution in [3.05, 3.63) is 28.2 Å². The first-order chi connectivity index (χ1) is 9.70. The van der Waals surface area contributed by atoms with Crippen LogP contribution < -0.4 is 15.5 Å². The number of fused-ring (bicyclic) bond motifs is 1. The first-order valence-corrected chi connectivity index (χ1v) is 7.97. The minimum atomic E-state index is 0.162. The number of rotatable bonds is 3. The average molecular weight is 338 g/mol. The molecule has 2 unspecified atom stereocenters. The van der Waals surface area contributed by atoms with Crippen LogP contribution in [0.3, 0.4) is 0 Å². The van der Waals surface area contributed by atoms with Crippen molar-refractivity contribution in [2.24, 2.45) is 5.92 Å². The zero-order chi connectivity index (χ0) is 14.1. The molecule has 2 heterocycles. The summed E-state index contributed by atoms with van der Waals surface area (Å²) < 4.78 is 1.10. The van der Waals surface area contributed by atoms with Gasteiger partial charge >= 0.3 is 0 Å². The van der Waals surface area contributed by atoms with Crippen molar-refractivity contribution in [2.75, 3.05) is 25.0 Å². The Labute approximate surface area is 128 Å². The molecule has 0 bridgehead atoms. The second-order valence-corrected chi connectivity index (χ2v) is 6.47. The third-order valence-electron chi connectivity index (χ3n) is 4.32. The summed E-state index contributed by atoms with van der Waals surface area (Å²) in [7, 11) is 1.96. The molecule has 2 N–H and O–H groups in total. The molecule has 108 valence electrons. The molecular weight excluding hydrogens is 318 g/mol. The van der Waals surface area contributed by atoms with Crippen LogP contribution in [0.5, 0.6) is 0 Å². The van der Waals surface area contributed by atoms with Crippen LogP contribution >= 0.6 is 15.9 Å². The van der Waals surface area contributed by atoms with Crippen molar-refractivity contribution < 1.29 is 4.79 Å². The summed E-state index contributed by atoms with van der Waals surface area (Å²) in [6, 6.07) is 6.73. The highest BCUT2D eigenvalue weighted by molar-refractivity contribution is 9.10. The van der Waals surface area contributed by atoms with Gasteiger partial charge in [-0.05, 0) is 43.7 Å². The Bertz CT molecular complexity index is 520. The summed E-state index contributed by atoms with van der Waals surface area (Å²) >= 11 is 3.54. The summed E-state index contributed by atoms with van der Waals surface area (Å²) in [4.78, 5) is 14.3. The van der Waals surface area contributed by atoms with E-state index in [1.807, 2.05) is 7.05 Å². The van der Waals surface area contributed by atoms with Gasteiger partial charge in [0.15, 0.2) is 0 Å². The molecule has 0 aliphatic carbocycles. The Hall–Kier alpha value is -1.07. The first-order valence-electron chi connectivity index (χ1n) is 7.18. The number of carbonyl (C=O) groups excluding carboxylic acids is 1. The van der Waals surface area contributed by atoms with Crippen molar-refractivity contribution in [1.29, 1.82) is 0 Å². The Morgan fingerprint density at radius 3 is 3.15 bits per heavy atom. The van der Waals surface area contributed by atoms with Crippen molar-refractivity contribution >= 4 is 27.5 Å². The van der Waals surface area contributed by atoms with Crippen molar-refractivity contribution in [3.63, 3.8) is 0 Å². The van der Waals surface area contributed by atoms with Gasteiger partial charge in [-0.15, -0.1) is 0 Å². The predicted molar refractivity (Wildman–Crippen MR) is 83.8 cm³/mol. The Morgan fingerprint density at radius 1 is 1.50 bits per heavy atom. The van der Waals surface area contributed by atoms with E-state index in [4.69, 9.17) is 0 Å². The Balaban J connectivity index is 1.93. The molecule has 1 amide bonds. The monoisotopic (exact) mass is 337 g/mol. The van der Waals surface area contributed by atoms with Gasteiger partial charge < -0.3 is 15.5 Å². The number of hydrogen-bond donors (Lipinski definition) is 2. The van der Waals surface area contributed by atoms with E-state index in [-0.39, 0.29) is 11.8 Å². The third kappa shape index (κ3) is 2.44. The van der Waals surface area contributed by atoms with Crippen LogP contribution in [0.25, 0.3) is 0 Å². The summed E-state index contributed by atoms with van der Waals surface area (Å²) in [6.45, 7) is 2.65. The van der Waals surface area contributed by atoms with Crippen molar-refractivity contribution in [1.82, 2.24) is 10.6 Å². The number of benzene rings is 1. The van der Waals surface area contributed by atoms with Gasteiger partial charge in [0.05, 0.1) is 12.0 Å². The lowest BCUT2D eigenvalue weighted by atomic mass is 9.90. The van der Waals surface area contributed by atoms with E-state index in [0.29, 0.717) is 6.04 Å². The molecule has 0 spiro atoms. The quantitative estimate of drug-likeness (QED) is 0.885. The van der Waals surface area contributed by atoms with E-state index in [2.05, 4.69) is 49.7 Å². The highest BCUT2D eigenvalue weighted by atomic mass is 79.9. The lowest BCUT2D eigenvalue weighted by Crippen LogP contribution is -2.46. The number of halogens is 1. The molecule has 5 heteroatoms. The maximum atomic E-state index is 11.9. The molecule has 2 aliphatic rings. The highest BCUT2D eigenvalue weighted by Crippen LogP contribution is 2.34. The zero-order valence-corrected chi connectivity index (χ0v) is 13.2. The maximum Gasteiger partial charge on any atom is 0.225 e. The lowest BCUT2D eigenvalue weighted by molar-refractivity contribution is -0.122. The minimum absolute atomic E-state index is 0.162. The largest absolute Gasteiger partial charge is 0.366 e. The summed E-state index contributed by atoms with van der Waals surface area (Å²) in [5.74, 6) is 0.391. The zero-order valence-electron chi connectivity index (χ0n) is 11.7. The number of carbonyl (C=O) groups is 1. The minimum Gasteiger partial charge on any atom is -0.366 e. The molecule has 1 aromatic carbocycles. The second-order valence-electron chi connectivity index (χ2n) is 5.56. The summed E-state index contributed by atoms with van der Waals surface area (Å²) in [6.07, 6.45) is 2.11. The Kier molecular flexibility index (Phi) is 3.98. The smallest absolute Gasteiger partial charge is 0.225 e. The summed E-state index contributed by atoms with van der Waals surface area (Å²) in [5.41, 5.74) is 2.54. The van der Waals surface area contributed by atoms with Gasteiger partial charge in [-0.1, -0.05) is 15.9 Å². The molecule has 2 fully saturated rings. The highest BCUT2D eigenvalue weighted by Gasteiger charge is 2.41. The van der Waals surface area contributed by atoms with Gasteiger partial charge in [0.1, 0.15) is 0 Å². The van der Waals surface area contributed by atoms with Gasteiger partial charge in [-0.2, -0.15) is 0 Å². The number of hydrogen-bond acceptors (Lipinski definition) is 3. The fourth-order valence-corrected chi connectivity index (χ4v) is 3.83. The van der Waals surface area contributed by atoms with Crippen LogP contribution in [0.15, 0.2) is 22.7 Å². The number of amides is 1. The lowest BCUT2D eigenvalue weighted by Gasteiger charge is -2.39. The fourth-order valence-electron chi connectivity index (χ4n) is 3.42. The number of nitrogens with zero attached hydrogens (tertiary/aromatic N) is 1. The Morgan fingerprint density at radius 2 is 2.35 bits per heavy atom. The van der Waals surface area contributed by atoms with E-state index in [1.165, 1.54) is 11.3 Å². The second kappa shape index (κ2) is 5.74. The van der Waals surface area contributed by atoms with Gasteiger partial charge in [-0.25, -0.2) is 0 Å². The van der Waals surface area contributed by atoms with Crippen LogP contribution in [0.2, 0.25) is 0 Å². The predicted octanol–water partition coefficient (Wildman–Crippen LogP) is 1.88. The van der Waals surface area contributed by atoms with Crippen LogP contribution in [0.1, 0.15) is 18.4 Å². The van der Waals surface area contributed by atoms with Gasteiger partial charge in [-0.3, -0.25) is 4.79 Å². The van der Waals surface area contributed by atoms with Gasteiger partial charge in [0.2, 0.25) is 5.91 Å². The molecule has 3 rings (SSSR count).